The number of imide groups is 1. The molecule has 3 rings (SSSR count). The summed E-state index contributed by atoms with van der Waals surface area (Å²) in [6, 6.07) is 8.66. The quantitative estimate of drug-likeness (QED) is 0.329. The van der Waals surface area contributed by atoms with Crippen molar-refractivity contribution in [2.75, 3.05) is 13.2 Å². The molecule has 5 nitrogen and oxygen atoms in total. The van der Waals surface area contributed by atoms with Crippen LogP contribution in [0, 0.1) is 0 Å². The average molecular weight is 545 g/mol. The summed E-state index contributed by atoms with van der Waals surface area (Å²) in [6.07, 6.45) is 2.54. The second kappa shape index (κ2) is 10.8. The lowest BCUT2D eigenvalue weighted by atomic mass is 10.1. The number of benzene rings is 2. The molecule has 0 spiro atoms. The molecule has 0 aliphatic carbocycles. The number of halogens is 3. The van der Waals surface area contributed by atoms with E-state index in [2.05, 4.69) is 15.9 Å². The highest BCUT2D eigenvalue weighted by molar-refractivity contribution is 9.10. The molecule has 0 bridgehead atoms. The summed E-state index contributed by atoms with van der Waals surface area (Å²) in [6.45, 7) is 5.07. The number of nitrogens with zero attached hydrogens (tertiary/aromatic N) is 1. The molecule has 0 saturated carbocycles. The number of carbonyl (C=O) groups excluding carboxylic acids is 2. The molecule has 0 aromatic heterocycles. The van der Waals surface area contributed by atoms with Crippen LogP contribution in [0.5, 0.6) is 11.5 Å². The van der Waals surface area contributed by atoms with Gasteiger partial charge in [-0.1, -0.05) is 36.2 Å². The van der Waals surface area contributed by atoms with Gasteiger partial charge in [0, 0.05) is 0 Å². The van der Waals surface area contributed by atoms with Crippen LogP contribution >= 0.6 is 50.9 Å². The first-order valence-corrected chi connectivity index (χ1v) is 12.0. The van der Waals surface area contributed by atoms with Crippen LogP contribution in [0.4, 0.5) is 4.79 Å². The molecule has 31 heavy (non-hydrogen) atoms. The maximum atomic E-state index is 12.9. The van der Waals surface area contributed by atoms with Crippen LogP contribution in [0.15, 0.2) is 39.7 Å². The molecule has 0 radical (unpaired) electrons. The van der Waals surface area contributed by atoms with Gasteiger partial charge in [0.25, 0.3) is 11.1 Å². The number of rotatable bonds is 8. The zero-order valence-corrected chi connectivity index (χ0v) is 20.8. The molecule has 0 atom stereocenters. The molecule has 2 aromatic carbocycles. The van der Waals surface area contributed by atoms with Crippen molar-refractivity contribution < 1.29 is 19.1 Å². The largest absolute Gasteiger partial charge is 0.490 e. The van der Waals surface area contributed by atoms with Crippen molar-refractivity contribution in [2.24, 2.45) is 0 Å². The molecule has 1 aliphatic rings. The van der Waals surface area contributed by atoms with Gasteiger partial charge in [-0.05, 0) is 82.5 Å². The van der Waals surface area contributed by atoms with Crippen LogP contribution in [0.1, 0.15) is 31.4 Å². The van der Waals surface area contributed by atoms with Gasteiger partial charge in [-0.15, -0.1) is 0 Å². The fraction of sp³-hybridized carbons (Fsp3) is 0.273. The highest BCUT2D eigenvalue weighted by Gasteiger charge is 2.35. The van der Waals surface area contributed by atoms with Gasteiger partial charge in [-0.3, -0.25) is 14.5 Å². The van der Waals surface area contributed by atoms with E-state index in [-0.39, 0.29) is 17.7 Å². The van der Waals surface area contributed by atoms with E-state index in [0.29, 0.717) is 44.1 Å². The van der Waals surface area contributed by atoms with Gasteiger partial charge in [-0.25, -0.2) is 0 Å². The second-order valence-corrected chi connectivity index (χ2v) is 9.29. The molecular weight excluding hydrogens is 525 g/mol. The lowest BCUT2D eigenvalue weighted by Gasteiger charge is -2.14. The molecule has 2 amide bonds. The lowest BCUT2D eigenvalue weighted by molar-refractivity contribution is -0.123. The molecule has 1 heterocycles. The predicted molar refractivity (Wildman–Crippen MR) is 129 cm³/mol. The fourth-order valence-electron chi connectivity index (χ4n) is 2.89. The third-order valence-electron chi connectivity index (χ3n) is 4.28. The standard InChI is InChI=1S/C22H20BrCl2NO4S/c1-3-7-30-20-15(23)8-14(10-18(20)29-4-2)11-19-21(27)26(22(28)31-19)12-13-5-6-16(24)17(25)9-13/h5-6,8-11H,3-4,7,12H2,1-2H3/b19-11-. The Bertz CT molecular complexity index is 1040. The minimum atomic E-state index is -0.360. The fourth-order valence-corrected chi connectivity index (χ4v) is 4.62. The van der Waals surface area contributed by atoms with Crippen molar-refractivity contribution in [3.8, 4) is 11.5 Å². The number of hydrogen-bond donors (Lipinski definition) is 0. The number of thioether (sulfide) groups is 1. The number of carbonyl (C=O) groups is 2. The zero-order chi connectivity index (χ0) is 22.5. The first kappa shape index (κ1) is 24.0. The van der Waals surface area contributed by atoms with Gasteiger partial charge >= 0.3 is 0 Å². The van der Waals surface area contributed by atoms with E-state index < -0.39 is 0 Å². The third kappa shape index (κ3) is 5.77. The Balaban J connectivity index is 1.85. The van der Waals surface area contributed by atoms with E-state index in [1.165, 1.54) is 4.90 Å². The normalized spacial score (nSPS) is 15.1. The zero-order valence-electron chi connectivity index (χ0n) is 16.9. The molecule has 0 N–H and O–H groups in total. The minimum Gasteiger partial charge on any atom is -0.490 e. The van der Waals surface area contributed by atoms with E-state index in [9.17, 15) is 9.59 Å². The Kier molecular flexibility index (Phi) is 8.33. The van der Waals surface area contributed by atoms with Gasteiger partial charge in [0.05, 0.1) is 39.2 Å². The SMILES string of the molecule is CCCOc1c(Br)cc(/C=C2\SC(=O)N(Cc3ccc(Cl)c(Cl)c3)C2=O)cc1OCC. The van der Waals surface area contributed by atoms with Crippen LogP contribution in [-0.4, -0.2) is 29.3 Å². The molecule has 1 saturated heterocycles. The smallest absolute Gasteiger partial charge is 0.293 e. The summed E-state index contributed by atoms with van der Waals surface area (Å²) in [5.41, 5.74) is 1.44. The molecule has 9 heteroatoms. The minimum absolute atomic E-state index is 0.122. The van der Waals surface area contributed by atoms with Crippen LogP contribution in [0.3, 0.4) is 0 Å². The Labute approximate surface area is 203 Å². The van der Waals surface area contributed by atoms with Crippen molar-refractivity contribution in [2.45, 2.75) is 26.8 Å². The molecule has 0 unspecified atom stereocenters. The van der Waals surface area contributed by atoms with Gasteiger partial charge in [0.1, 0.15) is 0 Å². The van der Waals surface area contributed by atoms with Crippen molar-refractivity contribution in [1.29, 1.82) is 0 Å². The topological polar surface area (TPSA) is 55.8 Å². The first-order chi connectivity index (χ1) is 14.8. The van der Waals surface area contributed by atoms with Gasteiger partial charge in [0.15, 0.2) is 11.5 Å². The van der Waals surface area contributed by atoms with Gasteiger partial charge in [-0.2, -0.15) is 0 Å². The Morgan fingerprint density at radius 3 is 2.55 bits per heavy atom. The van der Waals surface area contributed by atoms with Crippen LogP contribution in [-0.2, 0) is 11.3 Å². The van der Waals surface area contributed by atoms with Gasteiger partial charge in [0.2, 0.25) is 0 Å². The highest BCUT2D eigenvalue weighted by atomic mass is 79.9. The molecular formula is C22H20BrCl2NO4S. The Hall–Kier alpha value is -1.67. The number of hydrogen-bond acceptors (Lipinski definition) is 5. The monoisotopic (exact) mass is 543 g/mol. The lowest BCUT2D eigenvalue weighted by Crippen LogP contribution is -2.27. The highest BCUT2D eigenvalue weighted by Crippen LogP contribution is 2.39. The van der Waals surface area contributed by atoms with Crippen molar-refractivity contribution >= 4 is 68.1 Å². The van der Waals surface area contributed by atoms with Crippen molar-refractivity contribution in [3.63, 3.8) is 0 Å². The summed E-state index contributed by atoms with van der Waals surface area (Å²) < 4.78 is 12.2. The maximum absolute atomic E-state index is 12.9. The van der Waals surface area contributed by atoms with Crippen molar-refractivity contribution in [1.82, 2.24) is 4.90 Å². The van der Waals surface area contributed by atoms with Crippen LogP contribution in [0.2, 0.25) is 10.0 Å². The van der Waals surface area contributed by atoms with E-state index in [0.717, 1.165) is 29.3 Å². The maximum Gasteiger partial charge on any atom is 0.293 e. The summed E-state index contributed by atoms with van der Waals surface area (Å²) >= 11 is 16.4. The average Bonchev–Trinajstić information content (AvgIpc) is 2.98. The Morgan fingerprint density at radius 1 is 1.10 bits per heavy atom. The molecule has 2 aromatic rings. The second-order valence-electron chi connectivity index (χ2n) is 6.63. The summed E-state index contributed by atoms with van der Waals surface area (Å²) in [7, 11) is 0. The number of ether oxygens (including phenoxy) is 2. The van der Waals surface area contributed by atoms with Crippen LogP contribution < -0.4 is 9.47 Å². The van der Waals surface area contributed by atoms with E-state index in [1.54, 1.807) is 30.3 Å². The number of amides is 2. The van der Waals surface area contributed by atoms with Gasteiger partial charge < -0.3 is 9.47 Å². The first-order valence-electron chi connectivity index (χ1n) is 9.62. The summed E-state index contributed by atoms with van der Waals surface area (Å²) in [5.74, 6) is 0.835. The van der Waals surface area contributed by atoms with Crippen LogP contribution in [0.25, 0.3) is 6.08 Å². The van der Waals surface area contributed by atoms with E-state index in [1.807, 2.05) is 19.9 Å². The molecule has 164 valence electrons. The third-order valence-corrected chi connectivity index (χ3v) is 6.51. The molecule has 1 fully saturated rings. The molecule has 1 aliphatic heterocycles. The Morgan fingerprint density at radius 2 is 1.87 bits per heavy atom. The van der Waals surface area contributed by atoms with E-state index in [4.69, 9.17) is 32.7 Å². The predicted octanol–water partition coefficient (Wildman–Crippen LogP) is 7.18. The van der Waals surface area contributed by atoms with E-state index >= 15 is 0 Å². The van der Waals surface area contributed by atoms with Crippen molar-refractivity contribution in [3.05, 3.63) is 60.9 Å². The summed E-state index contributed by atoms with van der Waals surface area (Å²) in [5, 5.41) is 0.455. The summed E-state index contributed by atoms with van der Waals surface area (Å²) in [4.78, 5) is 26.9.